The second kappa shape index (κ2) is 6.25. The molecule has 2 aliphatic rings. The van der Waals surface area contributed by atoms with Gasteiger partial charge in [0.05, 0.1) is 6.54 Å². The van der Waals surface area contributed by atoms with Crippen LogP contribution in [0, 0.1) is 0 Å². The molecule has 2 rings (SSSR count). The number of hydrogen-bond acceptors (Lipinski definition) is 5. The lowest BCUT2D eigenvalue weighted by atomic mass is 10.3. The van der Waals surface area contributed by atoms with E-state index in [1.165, 1.54) is 6.26 Å². The summed E-state index contributed by atoms with van der Waals surface area (Å²) < 4.78 is 10.1. The van der Waals surface area contributed by atoms with Crippen molar-refractivity contribution in [2.24, 2.45) is 0 Å². The van der Waals surface area contributed by atoms with Gasteiger partial charge in [0.1, 0.15) is 19.5 Å². The van der Waals surface area contributed by atoms with Gasteiger partial charge in [0, 0.05) is 26.2 Å². The molecule has 0 aromatic carbocycles. The number of ether oxygens (including phenoxy) is 2. The maximum atomic E-state index is 11.8. The molecule has 1 saturated heterocycles. The smallest absolute Gasteiger partial charge is 0.290 e. The zero-order valence-corrected chi connectivity index (χ0v) is 10.1. The standard InChI is InChI=1S/C11H17N3O4/c15-10(14-3-1-12-2-4-14)7-13-11(16)9-8-17-5-6-18-9/h8,12H,1-7H2,(H,13,16). The Morgan fingerprint density at radius 2 is 2.11 bits per heavy atom. The largest absolute Gasteiger partial charge is 0.494 e. The summed E-state index contributed by atoms with van der Waals surface area (Å²) in [5, 5.41) is 5.68. The van der Waals surface area contributed by atoms with E-state index in [1.807, 2.05) is 0 Å². The molecule has 18 heavy (non-hydrogen) atoms. The first-order valence-electron chi connectivity index (χ1n) is 5.98. The van der Waals surface area contributed by atoms with Crippen LogP contribution in [0.1, 0.15) is 0 Å². The Morgan fingerprint density at radius 3 is 2.78 bits per heavy atom. The molecule has 0 radical (unpaired) electrons. The third-order valence-corrected chi connectivity index (χ3v) is 2.74. The van der Waals surface area contributed by atoms with Crippen molar-refractivity contribution in [3.8, 4) is 0 Å². The molecule has 2 amide bonds. The molecule has 0 aromatic rings. The number of nitrogens with one attached hydrogen (secondary N) is 2. The van der Waals surface area contributed by atoms with E-state index >= 15 is 0 Å². The van der Waals surface area contributed by atoms with E-state index in [1.54, 1.807) is 4.90 Å². The summed E-state index contributed by atoms with van der Waals surface area (Å²) in [4.78, 5) is 25.1. The highest BCUT2D eigenvalue weighted by molar-refractivity contribution is 5.94. The number of piperazine rings is 1. The number of hydrogen-bond donors (Lipinski definition) is 2. The van der Waals surface area contributed by atoms with Crippen molar-refractivity contribution in [1.29, 1.82) is 0 Å². The monoisotopic (exact) mass is 255 g/mol. The molecule has 0 atom stereocenters. The molecule has 0 unspecified atom stereocenters. The van der Waals surface area contributed by atoms with Crippen molar-refractivity contribution >= 4 is 11.8 Å². The summed E-state index contributed by atoms with van der Waals surface area (Å²) >= 11 is 0. The minimum Gasteiger partial charge on any atom is -0.494 e. The minimum absolute atomic E-state index is 0.0144. The van der Waals surface area contributed by atoms with Gasteiger partial charge in [-0.05, 0) is 0 Å². The highest BCUT2D eigenvalue weighted by Crippen LogP contribution is 2.03. The molecule has 0 bridgehead atoms. The maximum Gasteiger partial charge on any atom is 0.290 e. The van der Waals surface area contributed by atoms with Gasteiger partial charge < -0.3 is 25.0 Å². The second-order valence-corrected chi connectivity index (χ2v) is 4.01. The zero-order valence-electron chi connectivity index (χ0n) is 10.1. The number of rotatable bonds is 3. The highest BCUT2D eigenvalue weighted by atomic mass is 16.6. The summed E-state index contributed by atoms with van der Waals surface area (Å²) in [6.45, 7) is 3.72. The molecule has 7 nitrogen and oxygen atoms in total. The van der Waals surface area contributed by atoms with Crippen LogP contribution in [0.3, 0.4) is 0 Å². The van der Waals surface area contributed by atoms with Crippen LogP contribution in [0.2, 0.25) is 0 Å². The van der Waals surface area contributed by atoms with Gasteiger partial charge in [-0.25, -0.2) is 0 Å². The summed E-state index contributed by atoms with van der Waals surface area (Å²) in [6.07, 6.45) is 1.27. The van der Waals surface area contributed by atoms with Crippen LogP contribution >= 0.6 is 0 Å². The van der Waals surface area contributed by atoms with Crippen LogP contribution in [0.25, 0.3) is 0 Å². The number of nitrogens with zero attached hydrogens (tertiary/aromatic N) is 1. The topological polar surface area (TPSA) is 79.9 Å². The van der Waals surface area contributed by atoms with Crippen LogP contribution in [-0.4, -0.2) is 62.7 Å². The average molecular weight is 255 g/mol. The molecule has 0 aromatic heterocycles. The lowest BCUT2D eigenvalue weighted by Crippen LogP contribution is -2.49. The molecule has 0 saturated carbocycles. The Hall–Kier alpha value is -1.76. The van der Waals surface area contributed by atoms with E-state index in [-0.39, 0.29) is 18.2 Å². The Labute approximate surface area is 105 Å². The fourth-order valence-electron chi connectivity index (χ4n) is 1.76. The van der Waals surface area contributed by atoms with Gasteiger partial charge in [-0.2, -0.15) is 0 Å². The van der Waals surface area contributed by atoms with Crippen molar-refractivity contribution < 1.29 is 19.1 Å². The molecule has 2 heterocycles. The second-order valence-electron chi connectivity index (χ2n) is 4.01. The molecule has 1 fully saturated rings. The van der Waals surface area contributed by atoms with E-state index in [2.05, 4.69) is 10.6 Å². The molecule has 100 valence electrons. The van der Waals surface area contributed by atoms with Crippen molar-refractivity contribution in [2.75, 3.05) is 45.9 Å². The van der Waals surface area contributed by atoms with Crippen LogP contribution in [0.5, 0.6) is 0 Å². The molecule has 2 N–H and O–H groups in total. The van der Waals surface area contributed by atoms with Gasteiger partial charge in [-0.1, -0.05) is 0 Å². The lowest BCUT2D eigenvalue weighted by molar-refractivity contribution is -0.133. The quantitative estimate of drug-likeness (QED) is 0.636. The van der Waals surface area contributed by atoms with Crippen molar-refractivity contribution in [2.45, 2.75) is 0 Å². The summed E-state index contributed by atoms with van der Waals surface area (Å²) in [7, 11) is 0. The molecular formula is C11H17N3O4. The van der Waals surface area contributed by atoms with Gasteiger partial charge in [-0.15, -0.1) is 0 Å². The van der Waals surface area contributed by atoms with Crippen molar-refractivity contribution in [3.05, 3.63) is 12.0 Å². The Kier molecular flexibility index (Phi) is 4.40. The number of amides is 2. The summed E-state index contributed by atoms with van der Waals surface area (Å²) in [5.41, 5.74) is 0. The molecule has 0 aliphatic carbocycles. The van der Waals surface area contributed by atoms with E-state index in [9.17, 15) is 9.59 Å². The fraction of sp³-hybridized carbons (Fsp3) is 0.636. The first-order chi connectivity index (χ1) is 8.77. The molecule has 2 aliphatic heterocycles. The van der Waals surface area contributed by atoms with Gasteiger partial charge in [-0.3, -0.25) is 9.59 Å². The Morgan fingerprint density at radius 1 is 1.33 bits per heavy atom. The number of carbonyl (C=O) groups is 2. The van der Waals surface area contributed by atoms with Crippen LogP contribution in [-0.2, 0) is 19.1 Å². The third kappa shape index (κ3) is 3.36. The van der Waals surface area contributed by atoms with Crippen LogP contribution in [0.15, 0.2) is 12.0 Å². The van der Waals surface area contributed by atoms with Crippen LogP contribution in [0.4, 0.5) is 0 Å². The first-order valence-corrected chi connectivity index (χ1v) is 5.98. The molecule has 0 spiro atoms. The van der Waals surface area contributed by atoms with Gasteiger partial charge >= 0.3 is 0 Å². The Bertz CT molecular complexity index is 350. The fourth-order valence-corrected chi connectivity index (χ4v) is 1.76. The van der Waals surface area contributed by atoms with E-state index in [0.29, 0.717) is 26.3 Å². The van der Waals surface area contributed by atoms with E-state index < -0.39 is 5.91 Å². The third-order valence-electron chi connectivity index (χ3n) is 2.74. The minimum atomic E-state index is -0.418. The van der Waals surface area contributed by atoms with Crippen molar-refractivity contribution in [3.63, 3.8) is 0 Å². The van der Waals surface area contributed by atoms with Gasteiger partial charge in [0.25, 0.3) is 5.91 Å². The number of carbonyl (C=O) groups excluding carboxylic acids is 2. The predicted molar refractivity (Wildman–Crippen MR) is 62.4 cm³/mol. The van der Waals surface area contributed by atoms with Crippen LogP contribution < -0.4 is 10.6 Å². The van der Waals surface area contributed by atoms with Gasteiger partial charge in [0.2, 0.25) is 11.7 Å². The van der Waals surface area contributed by atoms with E-state index in [0.717, 1.165) is 13.1 Å². The lowest BCUT2D eigenvalue weighted by Gasteiger charge is -2.27. The highest BCUT2D eigenvalue weighted by Gasteiger charge is 2.19. The summed E-state index contributed by atoms with van der Waals surface area (Å²) in [5.74, 6) is -0.380. The summed E-state index contributed by atoms with van der Waals surface area (Å²) in [6, 6.07) is 0. The van der Waals surface area contributed by atoms with E-state index in [4.69, 9.17) is 9.47 Å². The predicted octanol–water partition coefficient (Wildman–Crippen LogP) is -1.58. The zero-order chi connectivity index (χ0) is 12.8. The van der Waals surface area contributed by atoms with Gasteiger partial charge in [0.15, 0.2) is 0 Å². The Balaban J connectivity index is 1.74. The molecule has 7 heteroatoms. The maximum absolute atomic E-state index is 11.8. The molecular weight excluding hydrogens is 238 g/mol. The average Bonchev–Trinajstić information content (AvgIpc) is 2.46. The van der Waals surface area contributed by atoms with Crippen molar-refractivity contribution in [1.82, 2.24) is 15.5 Å². The normalized spacial score (nSPS) is 19.3. The SMILES string of the molecule is O=C(NCC(=O)N1CCNCC1)C1=COCCO1. The first kappa shape index (κ1) is 12.7.